The number of benzene rings is 1. The van der Waals surface area contributed by atoms with Gasteiger partial charge in [-0.3, -0.25) is 4.79 Å². The summed E-state index contributed by atoms with van der Waals surface area (Å²) in [5.74, 6) is -0.605. The van der Waals surface area contributed by atoms with Gasteiger partial charge in [0.25, 0.3) is 5.56 Å². The number of H-pyrrole nitrogens is 1. The molecule has 1 fully saturated rings. The number of nitrogens with one attached hydrogen (secondary N) is 2. The Labute approximate surface area is 139 Å². The topological polar surface area (TPSA) is 71.2 Å². The van der Waals surface area contributed by atoms with Gasteiger partial charge in [-0.2, -0.15) is 0 Å². The number of aromatic amines is 1. The van der Waals surface area contributed by atoms with Gasteiger partial charge in [-0.05, 0) is 38.0 Å². The molecule has 1 saturated carbocycles. The first-order valence-electron chi connectivity index (χ1n) is 7.89. The molecule has 0 bridgehead atoms. The maximum atomic E-state index is 12.4. The zero-order valence-electron chi connectivity index (χ0n) is 12.9. The average molecular weight is 335 g/mol. The van der Waals surface area contributed by atoms with Gasteiger partial charge < -0.3 is 15.0 Å². The summed E-state index contributed by atoms with van der Waals surface area (Å²) in [4.78, 5) is 27.4. The first-order chi connectivity index (χ1) is 11.1. The van der Waals surface area contributed by atoms with Crippen molar-refractivity contribution in [2.24, 2.45) is 0 Å². The monoisotopic (exact) mass is 334 g/mol. The van der Waals surface area contributed by atoms with Crippen LogP contribution in [0.15, 0.2) is 23.0 Å². The molecule has 0 spiro atoms. The molecule has 1 aliphatic carbocycles. The fourth-order valence-electron chi connectivity index (χ4n) is 3.09. The SMILES string of the molecule is CCOC(=O)c1c(NC2CCCC2)c2ccc(Cl)cc2[nH]c1=O. The highest BCUT2D eigenvalue weighted by atomic mass is 35.5. The summed E-state index contributed by atoms with van der Waals surface area (Å²) in [6.45, 7) is 1.94. The Morgan fingerprint density at radius 3 is 2.83 bits per heavy atom. The second-order valence-electron chi connectivity index (χ2n) is 5.74. The highest BCUT2D eigenvalue weighted by Gasteiger charge is 2.24. The molecule has 3 rings (SSSR count). The van der Waals surface area contributed by atoms with Crippen molar-refractivity contribution >= 4 is 34.2 Å². The van der Waals surface area contributed by atoms with Gasteiger partial charge in [0.2, 0.25) is 0 Å². The highest BCUT2D eigenvalue weighted by Crippen LogP contribution is 2.30. The number of anilines is 1. The Morgan fingerprint density at radius 1 is 1.39 bits per heavy atom. The molecule has 0 aliphatic heterocycles. The van der Waals surface area contributed by atoms with Crippen LogP contribution in [0.25, 0.3) is 10.9 Å². The Kier molecular flexibility index (Phi) is 4.57. The van der Waals surface area contributed by atoms with Crippen LogP contribution in [0.1, 0.15) is 43.0 Å². The fraction of sp³-hybridized carbons (Fsp3) is 0.412. The normalized spacial score (nSPS) is 15.0. The first-order valence-corrected chi connectivity index (χ1v) is 8.27. The van der Waals surface area contributed by atoms with Gasteiger partial charge in [0.15, 0.2) is 0 Å². The van der Waals surface area contributed by atoms with Crippen LogP contribution in [0.2, 0.25) is 5.02 Å². The summed E-state index contributed by atoms with van der Waals surface area (Å²) in [5, 5.41) is 4.69. The molecular weight excluding hydrogens is 316 g/mol. The van der Waals surface area contributed by atoms with Crippen LogP contribution < -0.4 is 10.9 Å². The summed E-state index contributed by atoms with van der Waals surface area (Å²) in [5.41, 5.74) is 0.731. The summed E-state index contributed by atoms with van der Waals surface area (Å²) in [7, 11) is 0. The van der Waals surface area contributed by atoms with Gasteiger partial charge in [-0.25, -0.2) is 4.79 Å². The maximum Gasteiger partial charge on any atom is 0.345 e. The number of carbonyl (C=O) groups excluding carboxylic acids is 1. The van der Waals surface area contributed by atoms with E-state index in [1.807, 2.05) is 6.07 Å². The van der Waals surface area contributed by atoms with Gasteiger partial charge in [0.1, 0.15) is 5.56 Å². The highest BCUT2D eigenvalue weighted by molar-refractivity contribution is 6.31. The molecule has 0 radical (unpaired) electrons. The summed E-state index contributed by atoms with van der Waals surface area (Å²) >= 11 is 6.01. The van der Waals surface area contributed by atoms with E-state index < -0.39 is 11.5 Å². The summed E-state index contributed by atoms with van der Waals surface area (Å²) < 4.78 is 5.06. The van der Waals surface area contributed by atoms with Crippen LogP contribution in [0.3, 0.4) is 0 Å². The number of halogens is 1. The Bertz CT molecular complexity index is 794. The smallest absolute Gasteiger partial charge is 0.345 e. The lowest BCUT2D eigenvalue weighted by Crippen LogP contribution is -2.25. The molecule has 0 amide bonds. The van der Waals surface area contributed by atoms with Crippen molar-refractivity contribution in [3.05, 3.63) is 39.1 Å². The van der Waals surface area contributed by atoms with Gasteiger partial charge in [0, 0.05) is 16.5 Å². The molecule has 1 aromatic heterocycles. The number of pyridine rings is 1. The molecule has 0 atom stereocenters. The van der Waals surface area contributed by atoms with E-state index in [4.69, 9.17) is 16.3 Å². The lowest BCUT2D eigenvalue weighted by molar-refractivity contribution is 0.0525. The predicted molar refractivity (Wildman–Crippen MR) is 91.4 cm³/mol. The molecule has 1 aliphatic rings. The third kappa shape index (κ3) is 3.20. The number of rotatable bonds is 4. The third-order valence-electron chi connectivity index (χ3n) is 4.16. The molecule has 5 nitrogen and oxygen atoms in total. The van der Waals surface area contributed by atoms with Crippen LogP contribution in [-0.4, -0.2) is 23.6 Å². The summed E-state index contributed by atoms with van der Waals surface area (Å²) in [6.07, 6.45) is 4.37. The number of hydrogen-bond acceptors (Lipinski definition) is 4. The average Bonchev–Trinajstić information content (AvgIpc) is 3.00. The van der Waals surface area contributed by atoms with Crippen molar-refractivity contribution in [2.45, 2.75) is 38.6 Å². The fourth-order valence-corrected chi connectivity index (χ4v) is 3.27. The summed E-state index contributed by atoms with van der Waals surface area (Å²) in [6, 6.07) is 5.52. The van der Waals surface area contributed by atoms with Crippen molar-refractivity contribution < 1.29 is 9.53 Å². The molecular formula is C17H19ClN2O3. The molecule has 1 aromatic carbocycles. The molecule has 6 heteroatoms. The quantitative estimate of drug-likeness (QED) is 0.836. The lowest BCUT2D eigenvalue weighted by atomic mass is 10.1. The van der Waals surface area contributed by atoms with Gasteiger partial charge in [-0.1, -0.05) is 24.4 Å². The molecule has 122 valence electrons. The van der Waals surface area contributed by atoms with Crippen molar-refractivity contribution in [1.29, 1.82) is 0 Å². The molecule has 2 aromatic rings. The minimum absolute atomic E-state index is 0.0357. The van der Waals surface area contributed by atoms with E-state index in [-0.39, 0.29) is 18.2 Å². The minimum atomic E-state index is -0.605. The molecule has 0 saturated heterocycles. The van der Waals surface area contributed by atoms with Crippen LogP contribution in [-0.2, 0) is 4.74 Å². The van der Waals surface area contributed by atoms with Gasteiger partial charge in [0.05, 0.1) is 17.8 Å². The Hall–Kier alpha value is -2.01. The second kappa shape index (κ2) is 6.62. The van der Waals surface area contributed by atoms with Crippen LogP contribution in [0.5, 0.6) is 0 Å². The molecule has 23 heavy (non-hydrogen) atoms. The molecule has 1 heterocycles. The minimum Gasteiger partial charge on any atom is -0.462 e. The Morgan fingerprint density at radius 2 is 2.13 bits per heavy atom. The zero-order chi connectivity index (χ0) is 16.4. The molecule has 0 unspecified atom stereocenters. The van der Waals surface area contributed by atoms with E-state index >= 15 is 0 Å². The van der Waals surface area contributed by atoms with Crippen molar-refractivity contribution in [3.63, 3.8) is 0 Å². The van der Waals surface area contributed by atoms with E-state index in [1.165, 1.54) is 0 Å². The van der Waals surface area contributed by atoms with Crippen LogP contribution in [0, 0.1) is 0 Å². The van der Waals surface area contributed by atoms with Gasteiger partial charge in [-0.15, -0.1) is 0 Å². The van der Waals surface area contributed by atoms with E-state index in [0.29, 0.717) is 16.2 Å². The lowest BCUT2D eigenvalue weighted by Gasteiger charge is -2.18. The van der Waals surface area contributed by atoms with Crippen molar-refractivity contribution in [3.8, 4) is 0 Å². The number of ether oxygens (including phenoxy) is 1. The third-order valence-corrected chi connectivity index (χ3v) is 4.39. The number of esters is 1. The van der Waals surface area contributed by atoms with Gasteiger partial charge >= 0.3 is 5.97 Å². The number of carbonyl (C=O) groups is 1. The van der Waals surface area contributed by atoms with E-state index in [0.717, 1.165) is 31.1 Å². The van der Waals surface area contributed by atoms with E-state index in [1.54, 1.807) is 19.1 Å². The van der Waals surface area contributed by atoms with E-state index in [9.17, 15) is 9.59 Å². The number of aromatic nitrogens is 1. The van der Waals surface area contributed by atoms with Crippen molar-refractivity contribution in [2.75, 3.05) is 11.9 Å². The Balaban J connectivity index is 2.18. The van der Waals surface area contributed by atoms with E-state index in [2.05, 4.69) is 10.3 Å². The zero-order valence-corrected chi connectivity index (χ0v) is 13.7. The number of fused-ring (bicyclic) bond motifs is 1. The number of hydrogen-bond donors (Lipinski definition) is 2. The molecule has 2 N–H and O–H groups in total. The predicted octanol–water partition coefficient (Wildman–Crippen LogP) is 3.71. The standard InChI is InChI=1S/C17H19ClN2O3/c1-2-23-17(22)14-15(19-11-5-3-4-6-11)12-8-7-10(18)9-13(12)20-16(14)21/h7-9,11H,2-6H2,1H3,(H2,19,20,21). The van der Waals surface area contributed by atoms with Crippen LogP contribution in [0.4, 0.5) is 5.69 Å². The van der Waals surface area contributed by atoms with Crippen molar-refractivity contribution in [1.82, 2.24) is 4.98 Å². The second-order valence-corrected chi connectivity index (χ2v) is 6.18. The largest absolute Gasteiger partial charge is 0.462 e. The first kappa shape index (κ1) is 15.9. The maximum absolute atomic E-state index is 12.4. The van der Waals surface area contributed by atoms with Crippen LogP contribution >= 0.6 is 11.6 Å².